The number of nitrogens with one attached hydrogen (secondary N) is 1. The molecule has 0 saturated carbocycles. The summed E-state index contributed by atoms with van der Waals surface area (Å²) in [4.78, 5) is 39.9. The zero-order valence-electron chi connectivity index (χ0n) is 24.2. The van der Waals surface area contributed by atoms with Crippen molar-refractivity contribution in [3.05, 3.63) is 125 Å². The maximum atomic E-state index is 13.1. The van der Waals surface area contributed by atoms with E-state index in [0.717, 1.165) is 5.56 Å². The highest BCUT2D eigenvalue weighted by Crippen LogP contribution is 2.27. The molecule has 8 heteroatoms. The Morgan fingerprint density at radius 1 is 0.860 bits per heavy atom. The van der Waals surface area contributed by atoms with Crippen LogP contribution in [0.4, 0.5) is 11.4 Å². The number of aliphatic carboxylic acids is 1. The molecule has 0 spiro atoms. The summed E-state index contributed by atoms with van der Waals surface area (Å²) < 4.78 is 5.93. The molecule has 0 radical (unpaired) electrons. The minimum Gasteiger partial charge on any atom is -0.492 e. The minimum atomic E-state index is -1.03. The number of carbonyl (C=O) groups excluding carboxylic acids is 2. The van der Waals surface area contributed by atoms with Gasteiger partial charge in [-0.05, 0) is 47.9 Å². The van der Waals surface area contributed by atoms with Gasteiger partial charge in [0.05, 0.1) is 17.3 Å². The second-order valence-corrected chi connectivity index (χ2v) is 11.0. The van der Waals surface area contributed by atoms with Gasteiger partial charge >= 0.3 is 5.97 Å². The van der Waals surface area contributed by atoms with E-state index in [1.165, 1.54) is 0 Å². The number of carbonyl (C=O) groups is 3. The standard InChI is InChI=1S/C35H35ClN2O5/c1-24(2)22-33(39)38(32-15-9-7-13-29(32)36)20-21-43-27-18-16-25(17-19-27)23-31(35(41)42)37-30-14-8-6-12-28(30)34(40)26-10-4-3-5-11-26/h3-19,24,31,37H,20-23H2,1-2H3,(H,41,42)/t31-/m0/s1. The molecule has 0 aliphatic carbocycles. The van der Waals surface area contributed by atoms with Crippen LogP contribution in [0.15, 0.2) is 103 Å². The molecule has 4 aromatic rings. The number of para-hydroxylation sites is 2. The number of carboxylic acid groups (broad SMARTS) is 1. The van der Waals surface area contributed by atoms with Gasteiger partial charge in [0.15, 0.2) is 5.78 Å². The summed E-state index contributed by atoms with van der Waals surface area (Å²) in [5.41, 5.74) is 2.82. The predicted octanol–water partition coefficient (Wildman–Crippen LogP) is 7.14. The SMILES string of the molecule is CC(C)CC(=O)N(CCOc1ccc(C[C@H](Nc2ccccc2C(=O)c2ccccc2)C(=O)O)cc1)c1ccccc1Cl. The number of nitrogens with zero attached hydrogens (tertiary/aromatic N) is 1. The average molecular weight is 599 g/mol. The molecule has 4 rings (SSSR count). The molecule has 43 heavy (non-hydrogen) atoms. The van der Waals surface area contributed by atoms with Gasteiger partial charge in [-0.1, -0.05) is 92.2 Å². The Morgan fingerprint density at radius 3 is 2.19 bits per heavy atom. The molecule has 1 atom stereocenters. The molecule has 2 N–H and O–H groups in total. The smallest absolute Gasteiger partial charge is 0.326 e. The number of ether oxygens (including phenoxy) is 1. The third-order valence-corrected chi connectivity index (χ3v) is 7.13. The van der Waals surface area contributed by atoms with Crippen LogP contribution in [-0.4, -0.2) is 42.0 Å². The van der Waals surface area contributed by atoms with Gasteiger partial charge in [0, 0.05) is 29.7 Å². The monoisotopic (exact) mass is 598 g/mol. The van der Waals surface area contributed by atoms with Crippen LogP contribution >= 0.6 is 11.6 Å². The molecule has 1 amide bonds. The van der Waals surface area contributed by atoms with Crippen molar-refractivity contribution >= 4 is 40.6 Å². The Bertz CT molecular complexity index is 1540. The lowest BCUT2D eigenvalue weighted by atomic mass is 10.00. The lowest BCUT2D eigenvalue weighted by Crippen LogP contribution is -2.35. The second-order valence-electron chi connectivity index (χ2n) is 10.6. The van der Waals surface area contributed by atoms with Crippen molar-refractivity contribution in [1.82, 2.24) is 0 Å². The van der Waals surface area contributed by atoms with E-state index >= 15 is 0 Å². The van der Waals surface area contributed by atoms with Crippen molar-refractivity contribution in [2.45, 2.75) is 32.7 Å². The normalized spacial score (nSPS) is 11.5. The van der Waals surface area contributed by atoms with E-state index < -0.39 is 12.0 Å². The van der Waals surface area contributed by atoms with Crippen LogP contribution in [0.25, 0.3) is 0 Å². The summed E-state index contributed by atoms with van der Waals surface area (Å²) in [6, 6.07) is 29.2. The Kier molecular flexibility index (Phi) is 10.9. The Morgan fingerprint density at radius 2 is 1.51 bits per heavy atom. The van der Waals surface area contributed by atoms with E-state index in [0.29, 0.717) is 46.2 Å². The van der Waals surface area contributed by atoms with Crippen LogP contribution in [-0.2, 0) is 16.0 Å². The molecule has 0 unspecified atom stereocenters. The second kappa shape index (κ2) is 15.0. The molecule has 0 bridgehead atoms. The quantitative estimate of drug-likeness (QED) is 0.150. The Hall–Kier alpha value is -4.62. The van der Waals surface area contributed by atoms with Crippen molar-refractivity contribution < 1.29 is 24.2 Å². The van der Waals surface area contributed by atoms with E-state index in [-0.39, 0.29) is 30.6 Å². The molecule has 4 aromatic carbocycles. The number of anilines is 2. The summed E-state index contributed by atoms with van der Waals surface area (Å²) in [7, 11) is 0. The number of benzene rings is 4. The van der Waals surface area contributed by atoms with Gasteiger partial charge in [0.1, 0.15) is 18.4 Å². The minimum absolute atomic E-state index is 0.0266. The van der Waals surface area contributed by atoms with E-state index in [1.54, 1.807) is 71.6 Å². The van der Waals surface area contributed by atoms with Crippen LogP contribution in [0.5, 0.6) is 5.75 Å². The molecule has 0 saturated heterocycles. The van der Waals surface area contributed by atoms with Crippen molar-refractivity contribution in [3.63, 3.8) is 0 Å². The molecular weight excluding hydrogens is 564 g/mol. The van der Waals surface area contributed by atoms with E-state index in [1.807, 2.05) is 50.2 Å². The summed E-state index contributed by atoms with van der Waals surface area (Å²) in [6.07, 6.45) is 0.580. The van der Waals surface area contributed by atoms with E-state index in [4.69, 9.17) is 16.3 Å². The first-order valence-corrected chi connectivity index (χ1v) is 14.6. The molecule has 0 aliphatic heterocycles. The zero-order valence-corrected chi connectivity index (χ0v) is 25.0. The summed E-state index contributed by atoms with van der Waals surface area (Å²) in [6.45, 7) is 4.56. The molecule has 0 aromatic heterocycles. The lowest BCUT2D eigenvalue weighted by molar-refractivity contribution is -0.137. The Balaban J connectivity index is 1.40. The third kappa shape index (κ3) is 8.69. The molecule has 0 aliphatic rings. The summed E-state index contributed by atoms with van der Waals surface area (Å²) in [5.74, 6) is -0.451. The number of carboxylic acids is 1. The highest BCUT2D eigenvalue weighted by molar-refractivity contribution is 6.33. The lowest BCUT2D eigenvalue weighted by Gasteiger charge is -2.25. The highest BCUT2D eigenvalue weighted by atomic mass is 35.5. The Labute approximate surface area is 257 Å². The first kappa shape index (κ1) is 31.3. The van der Waals surface area contributed by atoms with Gasteiger partial charge in [-0.15, -0.1) is 0 Å². The van der Waals surface area contributed by atoms with E-state index in [2.05, 4.69) is 5.32 Å². The third-order valence-electron chi connectivity index (χ3n) is 6.81. The summed E-state index contributed by atoms with van der Waals surface area (Å²) >= 11 is 6.38. The first-order chi connectivity index (χ1) is 20.7. The van der Waals surface area contributed by atoms with Gasteiger partial charge in [0.25, 0.3) is 0 Å². The number of amides is 1. The van der Waals surface area contributed by atoms with Crippen LogP contribution in [0.2, 0.25) is 5.02 Å². The molecule has 0 fully saturated rings. The molecule has 0 heterocycles. The molecule has 7 nitrogen and oxygen atoms in total. The van der Waals surface area contributed by atoms with Crippen LogP contribution in [0, 0.1) is 5.92 Å². The van der Waals surface area contributed by atoms with Gasteiger partial charge in [0.2, 0.25) is 5.91 Å². The predicted molar refractivity (Wildman–Crippen MR) is 170 cm³/mol. The zero-order chi connectivity index (χ0) is 30.8. The van der Waals surface area contributed by atoms with Crippen molar-refractivity contribution in [3.8, 4) is 5.75 Å². The van der Waals surface area contributed by atoms with Crippen LogP contribution in [0.3, 0.4) is 0 Å². The highest BCUT2D eigenvalue weighted by Gasteiger charge is 2.22. The molecule has 222 valence electrons. The maximum Gasteiger partial charge on any atom is 0.326 e. The van der Waals surface area contributed by atoms with Gasteiger partial charge in [-0.2, -0.15) is 0 Å². The fourth-order valence-corrected chi connectivity index (χ4v) is 4.90. The number of hydrogen-bond acceptors (Lipinski definition) is 5. The van der Waals surface area contributed by atoms with Crippen LogP contribution < -0.4 is 15.0 Å². The first-order valence-electron chi connectivity index (χ1n) is 14.2. The van der Waals surface area contributed by atoms with Crippen molar-refractivity contribution in [1.29, 1.82) is 0 Å². The van der Waals surface area contributed by atoms with Crippen molar-refractivity contribution in [2.24, 2.45) is 5.92 Å². The topological polar surface area (TPSA) is 95.9 Å². The fraction of sp³-hybridized carbons (Fsp3) is 0.229. The fourth-order valence-electron chi connectivity index (χ4n) is 4.66. The average Bonchev–Trinajstić information content (AvgIpc) is 3.00. The van der Waals surface area contributed by atoms with Gasteiger partial charge < -0.3 is 20.1 Å². The summed E-state index contributed by atoms with van der Waals surface area (Å²) in [5, 5.41) is 13.5. The largest absolute Gasteiger partial charge is 0.492 e. The number of halogens is 1. The van der Waals surface area contributed by atoms with Gasteiger partial charge in [-0.3, -0.25) is 9.59 Å². The number of ketones is 1. The van der Waals surface area contributed by atoms with Gasteiger partial charge in [-0.25, -0.2) is 4.79 Å². The maximum absolute atomic E-state index is 13.1. The number of hydrogen-bond donors (Lipinski definition) is 2. The van der Waals surface area contributed by atoms with Crippen LogP contribution in [0.1, 0.15) is 41.8 Å². The van der Waals surface area contributed by atoms with E-state index in [9.17, 15) is 19.5 Å². The van der Waals surface area contributed by atoms with Crippen molar-refractivity contribution in [2.75, 3.05) is 23.4 Å². The number of rotatable bonds is 14. The molecular formula is C35H35ClN2O5.